The summed E-state index contributed by atoms with van der Waals surface area (Å²) in [5.41, 5.74) is 1.94. The zero-order valence-corrected chi connectivity index (χ0v) is 20.9. The molecule has 2 aromatic carbocycles. The number of fused-ring (bicyclic) bond motifs is 1. The Labute approximate surface area is 203 Å². The van der Waals surface area contributed by atoms with E-state index in [9.17, 15) is 4.79 Å². The van der Waals surface area contributed by atoms with Crippen LogP contribution in [-0.4, -0.2) is 53.2 Å². The molecule has 2 aliphatic rings. The van der Waals surface area contributed by atoms with E-state index in [1.54, 1.807) is 0 Å². The van der Waals surface area contributed by atoms with Gasteiger partial charge in [0.1, 0.15) is 24.4 Å². The molecule has 4 rings (SSSR count). The molecule has 1 aliphatic heterocycles. The summed E-state index contributed by atoms with van der Waals surface area (Å²) in [5.74, 6) is -1.07. The highest BCUT2D eigenvalue weighted by Gasteiger charge is 2.56. The molecule has 0 radical (unpaired) electrons. The Balaban J connectivity index is 1.54. The van der Waals surface area contributed by atoms with E-state index in [2.05, 4.69) is 53.4 Å². The van der Waals surface area contributed by atoms with Crippen LogP contribution in [0.5, 0.6) is 0 Å². The number of benzene rings is 2. The number of carbonyl (C=O) groups is 1. The predicted octanol–water partition coefficient (Wildman–Crippen LogP) is 4.71. The predicted molar refractivity (Wildman–Crippen MR) is 130 cm³/mol. The fourth-order valence-corrected chi connectivity index (χ4v) is 4.90. The van der Waals surface area contributed by atoms with Gasteiger partial charge in [-0.2, -0.15) is 0 Å². The van der Waals surface area contributed by atoms with Crippen molar-refractivity contribution >= 4 is 5.97 Å². The van der Waals surface area contributed by atoms with Crippen LogP contribution in [0, 0.1) is 0 Å². The van der Waals surface area contributed by atoms with Crippen molar-refractivity contribution in [2.75, 3.05) is 6.61 Å². The maximum Gasteiger partial charge on any atom is 0.332 e. The van der Waals surface area contributed by atoms with Gasteiger partial charge < -0.3 is 18.9 Å². The van der Waals surface area contributed by atoms with Gasteiger partial charge in [0.25, 0.3) is 0 Å². The van der Waals surface area contributed by atoms with E-state index < -0.39 is 11.4 Å². The van der Waals surface area contributed by atoms with Gasteiger partial charge in [-0.15, -0.1) is 0 Å². The second-order valence-corrected chi connectivity index (χ2v) is 10.7. The molecule has 1 saturated carbocycles. The highest BCUT2D eigenvalue weighted by molar-refractivity contribution is 5.71. The number of esters is 1. The first-order chi connectivity index (χ1) is 16.1. The number of hydrogen-bond donors (Lipinski definition) is 0. The van der Waals surface area contributed by atoms with Crippen molar-refractivity contribution in [2.45, 2.75) is 89.9 Å². The second kappa shape index (κ2) is 10.2. The van der Waals surface area contributed by atoms with Crippen LogP contribution in [0.3, 0.4) is 0 Å². The molecular formula is C28H37NO5. The quantitative estimate of drug-likeness (QED) is 0.524. The third-order valence-corrected chi connectivity index (χ3v) is 6.14. The molecule has 1 aliphatic carbocycles. The maximum atomic E-state index is 12.3. The minimum absolute atomic E-state index is 0.0795. The molecule has 4 atom stereocenters. The molecule has 0 amide bonds. The molecule has 0 spiro atoms. The fourth-order valence-electron chi connectivity index (χ4n) is 4.90. The molecule has 2 aromatic rings. The van der Waals surface area contributed by atoms with Crippen molar-refractivity contribution in [3.05, 3.63) is 71.8 Å². The lowest BCUT2D eigenvalue weighted by Gasteiger charge is -2.33. The van der Waals surface area contributed by atoms with Gasteiger partial charge in [-0.05, 0) is 52.2 Å². The number of nitrogens with zero attached hydrogens (tertiary/aromatic N) is 1. The topological polar surface area (TPSA) is 57.2 Å². The molecule has 2 fully saturated rings. The van der Waals surface area contributed by atoms with E-state index in [1.165, 1.54) is 11.1 Å². The van der Waals surface area contributed by atoms with Crippen LogP contribution in [0.25, 0.3) is 0 Å². The van der Waals surface area contributed by atoms with Gasteiger partial charge in [0, 0.05) is 19.1 Å². The molecule has 0 N–H and O–H groups in total. The van der Waals surface area contributed by atoms with Gasteiger partial charge in [0.05, 0.1) is 6.10 Å². The Morgan fingerprint density at radius 3 is 2.00 bits per heavy atom. The van der Waals surface area contributed by atoms with Crippen LogP contribution >= 0.6 is 0 Å². The van der Waals surface area contributed by atoms with E-state index in [-0.39, 0.29) is 36.9 Å². The second-order valence-electron chi connectivity index (χ2n) is 10.7. The van der Waals surface area contributed by atoms with Gasteiger partial charge in [-0.1, -0.05) is 60.7 Å². The summed E-state index contributed by atoms with van der Waals surface area (Å²) in [6.45, 7) is 10.9. The average molecular weight is 468 g/mol. The van der Waals surface area contributed by atoms with E-state index in [0.29, 0.717) is 6.42 Å². The molecule has 0 bridgehead atoms. The van der Waals surface area contributed by atoms with Crippen LogP contribution in [0.2, 0.25) is 0 Å². The number of ether oxygens (including phenoxy) is 4. The molecular weight excluding hydrogens is 430 g/mol. The summed E-state index contributed by atoms with van der Waals surface area (Å²) in [4.78, 5) is 14.8. The van der Waals surface area contributed by atoms with Crippen molar-refractivity contribution < 1.29 is 23.7 Å². The normalized spacial score (nSPS) is 25.9. The van der Waals surface area contributed by atoms with Crippen molar-refractivity contribution in [2.24, 2.45) is 0 Å². The van der Waals surface area contributed by atoms with Gasteiger partial charge in [-0.25, -0.2) is 4.79 Å². The standard InChI is InChI=1S/C28H37NO5/c1-27(2,3)32-24(30)19-31-23-16-22(25-26(23)34-28(4,5)33-25)29(17-20-12-8-6-9-13-20)18-21-14-10-7-11-15-21/h6-15,22-23,25-26H,16-19H2,1-5H3/t22-,23+,25-,26?/m1/s1. The largest absolute Gasteiger partial charge is 0.458 e. The van der Waals surface area contributed by atoms with Gasteiger partial charge >= 0.3 is 5.97 Å². The molecule has 6 nitrogen and oxygen atoms in total. The zero-order valence-electron chi connectivity index (χ0n) is 20.9. The Bertz CT molecular complexity index is 899. The zero-order chi connectivity index (χ0) is 24.3. The molecule has 0 aromatic heterocycles. The van der Waals surface area contributed by atoms with E-state index in [4.69, 9.17) is 18.9 Å². The Kier molecular flexibility index (Phi) is 7.43. The first-order valence-electron chi connectivity index (χ1n) is 12.1. The summed E-state index contributed by atoms with van der Waals surface area (Å²) in [6.07, 6.45) is 0.0781. The maximum absolute atomic E-state index is 12.3. The van der Waals surface area contributed by atoms with Crippen LogP contribution in [0.15, 0.2) is 60.7 Å². The van der Waals surface area contributed by atoms with E-state index in [1.807, 2.05) is 46.8 Å². The summed E-state index contributed by atoms with van der Waals surface area (Å²) < 4.78 is 24.2. The van der Waals surface area contributed by atoms with Crippen molar-refractivity contribution in [3.63, 3.8) is 0 Å². The first-order valence-corrected chi connectivity index (χ1v) is 12.1. The smallest absolute Gasteiger partial charge is 0.332 e. The van der Waals surface area contributed by atoms with Crippen molar-refractivity contribution in [1.29, 1.82) is 0 Å². The monoisotopic (exact) mass is 467 g/mol. The Morgan fingerprint density at radius 1 is 0.941 bits per heavy atom. The molecule has 1 saturated heterocycles. The lowest BCUT2D eigenvalue weighted by atomic mass is 10.1. The Morgan fingerprint density at radius 2 is 1.47 bits per heavy atom. The lowest BCUT2D eigenvalue weighted by molar-refractivity contribution is -0.179. The van der Waals surface area contributed by atoms with Crippen LogP contribution in [0.1, 0.15) is 52.2 Å². The van der Waals surface area contributed by atoms with Crippen LogP contribution in [-0.2, 0) is 36.8 Å². The van der Waals surface area contributed by atoms with E-state index in [0.717, 1.165) is 13.1 Å². The minimum Gasteiger partial charge on any atom is -0.458 e. The molecule has 1 heterocycles. The summed E-state index contributed by atoms with van der Waals surface area (Å²) in [7, 11) is 0. The number of hydrogen-bond acceptors (Lipinski definition) is 6. The Hall–Kier alpha value is -2.25. The number of carbonyl (C=O) groups excluding carboxylic acids is 1. The van der Waals surface area contributed by atoms with Gasteiger partial charge in [0.2, 0.25) is 0 Å². The SMILES string of the molecule is CC(C)(C)OC(=O)CO[C@H]1C[C@@H](N(Cc2ccccc2)Cc2ccccc2)[C@H]2OC(C)(C)OC12. The minimum atomic E-state index is -0.702. The lowest BCUT2D eigenvalue weighted by Crippen LogP contribution is -2.42. The van der Waals surface area contributed by atoms with Crippen molar-refractivity contribution in [1.82, 2.24) is 4.90 Å². The van der Waals surface area contributed by atoms with Crippen molar-refractivity contribution in [3.8, 4) is 0 Å². The highest BCUT2D eigenvalue weighted by atomic mass is 16.8. The molecule has 184 valence electrons. The summed E-state index contributed by atoms with van der Waals surface area (Å²) in [6, 6.07) is 21.0. The van der Waals surface area contributed by atoms with E-state index >= 15 is 0 Å². The fraction of sp³-hybridized carbons (Fsp3) is 0.536. The number of rotatable bonds is 8. The van der Waals surface area contributed by atoms with Gasteiger partial charge in [0.15, 0.2) is 5.79 Å². The van der Waals surface area contributed by atoms with Gasteiger partial charge in [-0.3, -0.25) is 4.90 Å². The average Bonchev–Trinajstić information content (AvgIpc) is 3.25. The highest BCUT2D eigenvalue weighted by Crippen LogP contribution is 2.42. The third-order valence-electron chi connectivity index (χ3n) is 6.14. The summed E-state index contributed by atoms with van der Waals surface area (Å²) >= 11 is 0. The van der Waals surface area contributed by atoms with Crippen LogP contribution < -0.4 is 0 Å². The molecule has 1 unspecified atom stereocenters. The molecule has 34 heavy (non-hydrogen) atoms. The molecule has 6 heteroatoms. The first kappa shape index (κ1) is 24.9. The van der Waals surface area contributed by atoms with Crippen LogP contribution in [0.4, 0.5) is 0 Å². The third kappa shape index (κ3) is 6.45. The summed E-state index contributed by atoms with van der Waals surface area (Å²) in [5, 5.41) is 0.